The average molecular weight is 814 g/mol. The van der Waals surface area contributed by atoms with Crippen molar-refractivity contribution in [3.05, 3.63) is 141 Å². The van der Waals surface area contributed by atoms with Crippen LogP contribution in [0.4, 0.5) is 0 Å². The molecule has 51 heavy (non-hydrogen) atoms. The standard InChI is InChI=1S/C20H23BrN4.C12H16BrN.C9H8N2O/c1-23-12-13-24(20(15-23)16-5-7-18(21)8-6-16)11-9-17-14-22-25-10-3-2-4-19(17)25;1-14-8-2-3-11(9-14)10-4-6-12(13)7-5-10;12-6-4-8-7-10-11-5-2-1-3-9(8)11/h2-8,10,14,20H,9,11-13,15H2,1H3;4-7,11H,2-3,8-9H2,1H3;1-3,5-7H,4H2. The van der Waals surface area contributed by atoms with E-state index in [1.165, 1.54) is 52.6 Å². The summed E-state index contributed by atoms with van der Waals surface area (Å²) in [6.45, 7) is 6.84. The lowest BCUT2D eigenvalue weighted by Gasteiger charge is -2.40. The third-order valence-corrected chi connectivity index (χ3v) is 11.0. The molecule has 2 unspecified atom stereocenters. The molecule has 2 aliphatic heterocycles. The van der Waals surface area contributed by atoms with E-state index in [9.17, 15) is 4.79 Å². The molecular weight excluding hydrogens is 766 g/mol. The number of aldehydes is 1. The van der Waals surface area contributed by atoms with Gasteiger partial charge in [0.05, 0.1) is 23.4 Å². The molecule has 2 aliphatic rings. The smallest absolute Gasteiger partial charge is 0.124 e. The van der Waals surface area contributed by atoms with E-state index in [-0.39, 0.29) is 0 Å². The second-order valence-corrected chi connectivity index (χ2v) is 15.4. The molecule has 6 heterocycles. The Bertz CT molecular complexity index is 1970. The van der Waals surface area contributed by atoms with Gasteiger partial charge in [0, 0.05) is 72.1 Å². The molecule has 0 bridgehead atoms. The number of pyridine rings is 2. The topological polar surface area (TPSA) is 61.4 Å². The molecule has 0 N–H and O–H groups in total. The zero-order chi connectivity index (χ0) is 35.6. The molecule has 0 radical (unpaired) electrons. The van der Waals surface area contributed by atoms with Gasteiger partial charge in [-0.1, -0.05) is 68.3 Å². The lowest BCUT2D eigenvalue weighted by molar-refractivity contribution is -0.107. The number of nitrogens with zero attached hydrogens (tertiary/aromatic N) is 7. The highest BCUT2D eigenvalue weighted by molar-refractivity contribution is 9.10. The number of rotatable bonds is 7. The molecule has 266 valence electrons. The van der Waals surface area contributed by atoms with Gasteiger partial charge in [-0.25, -0.2) is 9.03 Å². The number of likely N-dealkylation sites (N-methyl/N-ethyl adjacent to an activating group) is 2. The first-order valence-electron chi connectivity index (χ1n) is 17.8. The minimum absolute atomic E-state index is 0.438. The molecule has 2 atom stereocenters. The molecule has 8 nitrogen and oxygen atoms in total. The van der Waals surface area contributed by atoms with E-state index in [0.29, 0.717) is 12.5 Å². The zero-order valence-corrected chi connectivity index (χ0v) is 32.7. The molecular formula is C41H47Br2N7O. The summed E-state index contributed by atoms with van der Waals surface area (Å²) < 4.78 is 6.04. The number of piperidine rings is 1. The predicted octanol–water partition coefficient (Wildman–Crippen LogP) is 7.96. The van der Waals surface area contributed by atoms with E-state index in [1.807, 2.05) is 47.4 Å². The summed E-state index contributed by atoms with van der Waals surface area (Å²) in [5.74, 6) is 0.738. The predicted molar refractivity (Wildman–Crippen MR) is 213 cm³/mol. The molecule has 2 saturated heterocycles. The highest BCUT2D eigenvalue weighted by Gasteiger charge is 2.26. The molecule has 2 fully saturated rings. The molecule has 0 saturated carbocycles. The second kappa shape index (κ2) is 18.2. The van der Waals surface area contributed by atoms with E-state index in [4.69, 9.17) is 0 Å². The monoisotopic (exact) mass is 811 g/mol. The minimum Gasteiger partial charge on any atom is -0.306 e. The Labute approximate surface area is 318 Å². The summed E-state index contributed by atoms with van der Waals surface area (Å²) in [5.41, 5.74) is 7.41. The number of hydrogen-bond donors (Lipinski definition) is 0. The Morgan fingerprint density at radius 3 is 1.92 bits per heavy atom. The summed E-state index contributed by atoms with van der Waals surface area (Å²) in [7, 11) is 4.43. The van der Waals surface area contributed by atoms with Crippen molar-refractivity contribution in [3.63, 3.8) is 0 Å². The third-order valence-electron chi connectivity index (χ3n) is 9.90. The molecule has 4 aromatic heterocycles. The Morgan fingerprint density at radius 2 is 1.29 bits per heavy atom. The van der Waals surface area contributed by atoms with E-state index in [0.717, 1.165) is 60.4 Å². The maximum Gasteiger partial charge on any atom is 0.124 e. The first-order valence-corrected chi connectivity index (χ1v) is 19.3. The fourth-order valence-corrected chi connectivity index (χ4v) is 7.61. The van der Waals surface area contributed by atoms with Gasteiger partial charge in [0.1, 0.15) is 6.29 Å². The van der Waals surface area contributed by atoms with Crippen molar-refractivity contribution in [2.45, 2.75) is 37.6 Å². The van der Waals surface area contributed by atoms with Crippen LogP contribution in [0.2, 0.25) is 0 Å². The summed E-state index contributed by atoms with van der Waals surface area (Å²) in [5, 5.41) is 8.56. The van der Waals surface area contributed by atoms with Crippen molar-refractivity contribution < 1.29 is 4.79 Å². The average Bonchev–Trinajstić information content (AvgIpc) is 3.77. The number of hydrogen-bond acceptors (Lipinski definition) is 6. The summed E-state index contributed by atoms with van der Waals surface area (Å²) in [6.07, 6.45) is 12.7. The number of halogens is 2. The molecule has 0 amide bonds. The summed E-state index contributed by atoms with van der Waals surface area (Å²) in [4.78, 5) is 17.8. The maximum absolute atomic E-state index is 10.3. The van der Waals surface area contributed by atoms with Crippen molar-refractivity contribution in [1.29, 1.82) is 0 Å². The van der Waals surface area contributed by atoms with Crippen LogP contribution in [0.5, 0.6) is 0 Å². The van der Waals surface area contributed by atoms with Crippen LogP contribution < -0.4 is 0 Å². The zero-order valence-electron chi connectivity index (χ0n) is 29.5. The van der Waals surface area contributed by atoms with Crippen LogP contribution in [0.25, 0.3) is 11.0 Å². The number of piperazine rings is 1. The van der Waals surface area contributed by atoms with Crippen LogP contribution in [-0.2, 0) is 17.6 Å². The lowest BCUT2D eigenvalue weighted by atomic mass is 9.91. The first kappa shape index (κ1) is 37.1. The highest BCUT2D eigenvalue weighted by atomic mass is 79.9. The van der Waals surface area contributed by atoms with Gasteiger partial charge in [-0.15, -0.1) is 0 Å². The van der Waals surface area contributed by atoms with Gasteiger partial charge in [-0.3, -0.25) is 4.90 Å². The minimum atomic E-state index is 0.438. The van der Waals surface area contributed by atoms with Crippen LogP contribution in [0.3, 0.4) is 0 Å². The van der Waals surface area contributed by atoms with Crippen LogP contribution in [0.1, 0.15) is 47.1 Å². The van der Waals surface area contributed by atoms with Gasteiger partial charge < -0.3 is 14.6 Å². The van der Waals surface area contributed by atoms with Gasteiger partial charge in [-0.2, -0.15) is 10.2 Å². The normalized spacial score (nSPS) is 18.5. The maximum atomic E-state index is 10.3. The fourth-order valence-electron chi connectivity index (χ4n) is 7.08. The van der Waals surface area contributed by atoms with E-state index >= 15 is 0 Å². The summed E-state index contributed by atoms with van der Waals surface area (Å²) >= 11 is 7.01. The number of fused-ring (bicyclic) bond motifs is 2. The van der Waals surface area contributed by atoms with Crippen molar-refractivity contribution in [2.75, 3.05) is 53.4 Å². The second-order valence-electron chi connectivity index (χ2n) is 13.5. The Morgan fingerprint density at radius 1 is 0.706 bits per heavy atom. The van der Waals surface area contributed by atoms with Crippen molar-refractivity contribution in [3.8, 4) is 0 Å². The van der Waals surface area contributed by atoms with Gasteiger partial charge in [0.15, 0.2) is 0 Å². The van der Waals surface area contributed by atoms with Gasteiger partial charge in [0.25, 0.3) is 0 Å². The largest absolute Gasteiger partial charge is 0.306 e. The SMILES string of the molecule is CN1CCCC(c2ccc(Br)cc2)C1.CN1CCN(CCc2cnn3ccccc23)C(c2ccc(Br)cc2)C1.O=CCc1cnn2ccccc12. The quantitative estimate of drug-likeness (QED) is 0.153. The number of aromatic nitrogens is 4. The Balaban J connectivity index is 0.000000145. The van der Waals surface area contributed by atoms with Crippen LogP contribution in [0.15, 0.2) is 119 Å². The van der Waals surface area contributed by atoms with Crippen molar-refractivity contribution in [1.82, 2.24) is 33.9 Å². The molecule has 10 heteroatoms. The van der Waals surface area contributed by atoms with Crippen LogP contribution in [0, 0.1) is 0 Å². The number of likely N-dealkylation sites (tertiary alicyclic amines) is 1. The molecule has 0 aliphatic carbocycles. The van der Waals surface area contributed by atoms with Crippen LogP contribution in [-0.4, -0.2) is 93.6 Å². The molecule has 6 aromatic rings. The van der Waals surface area contributed by atoms with E-state index in [2.05, 4.69) is 132 Å². The molecule has 0 spiro atoms. The number of benzene rings is 2. The van der Waals surface area contributed by atoms with Gasteiger partial charge in [0.2, 0.25) is 0 Å². The first-order chi connectivity index (χ1) is 24.9. The Kier molecular flexibility index (Phi) is 13.2. The summed E-state index contributed by atoms with van der Waals surface area (Å²) in [6, 6.07) is 30.1. The highest BCUT2D eigenvalue weighted by Crippen LogP contribution is 2.28. The van der Waals surface area contributed by atoms with Crippen LogP contribution >= 0.6 is 31.9 Å². The Hall–Kier alpha value is -3.67. The number of carbonyl (C=O) groups excluding carboxylic acids is 1. The van der Waals surface area contributed by atoms with E-state index in [1.54, 1.807) is 10.7 Å². The molecule has 2 aromatic carbocycles. The van der Waals surface area contributed by atoms with E-state index < -0.39 is 0 Å². The van der Waals surface area contributed by atoms with Gasteiger partial charge in [-0.05, 0) is 111 Å². The lowest BCUT2D eigenvalue weighted by Crippen LogP contribution is -2.47. The van der Waals surface area contributed by atoms with Crippen molar-refractivity contribution in [2.24, 2.45) is 0 Å². The van der Waals surface area contributed by atoms with Gasteiger partial charge >= 0.3 is 0 Å². The fraction of sp³-hybridized carbons (Fsp3) is 0.341. The third kappa shape index (κ3) is 10.0. The molecule has 8 rings (SSSR count). The van der Waals surface area contributed by atoms with Crippen molar-refractivity contribution >= 4 is 49.2 Å². The number of carbonyl (C=O) groups is 1.